The molecule has 3 aromatic rings. The fraction of sp³-hybridized carbons (Fsp3) is 0.211. The van der Waals surface area contributed by atoms with Gasteiger partial charge in [-0.2, -0.15) is 0 Å². The summed E-state index contributed by atoms with van der Waals surface area (Å²) in [6, 6.07) is 17.2. The van der Waals surface area contributed by atoms with Crippen molar-refractivity contribution in [3.05, 3.63) is 70.8 Å². The van der Waals surface area contributed by atoms with Gasteiger partial charge in [0.1, 0.15) is 5.82 Å². The van der Waals surface area contributed by atoms with E-state index in [1.807, 2.05) is 0 Å². The minimum Gasteiger partial charge on any atom is -0.366 e. The number of hydrogen-bond donors (Lipinski definition) is 1. The number of aromatic nitrogens is 1. The van der Waals surface area contributed by atoms with Crippen LogP contribution < -0.4 is 5.32 Å². The minimum atomic E-state index is 0.797. The Morgan fingerprint density at radius 2 is 1.57 bits per heavy atom. The Kier molecular flexibility index (Phi) is 3.61. The van der Waals surface area contributed by atoms with Crippen molar-refractivity contribution in [2.24, 2.45) is 0 Å². The number of anilines is 1. The quantitative estimate of drug-likeness (QED) is 0.745. The van der Waals surface area contributed by atoms with E-state index < -0.39 is 0 Å². The lowest BCUT2D eigenvalue weighted by atomic mass is 10.1. The molecule has 0 bridgehead atoms. The average Bonchev–Trinajstić information content (AvgIpc) is 2.47. The molecule has 0 unspecified atom stereocenters. The standard InChI is InChI=1S/C19H20N2/c1-13-4-7-16(8-5-13)12-20-19-15(3)11-17-10-14(2)6-9-18(17)21-19/h4-11H,12H2,1-3H3,(H,20,21). The van der Waals surface area contributed by atoms with Gasteiger partial charge in [0.2, 0.25) is 0 Å². The van der Waals surface area contributed by atoms with E-state index in [4.69, 9.17) is 4.98 Å². The van der Waals surface area contributed by atoms with E-state index in [-0.39, 0.29) is 0 Å². The van der Waals surface area contributed by atoms with Crippen LogP contribution in [0.1, 0.15) is 22.3 Å². The highest BCUT2D eigenvalue weighted by Gasteiger charge is 2.03. The second-order valence-electron chi connectivity index (χ2n) is 5.69. The molecule has 2 aromatic carbocycles. The molecule has 3 rings (SSSR count). The van der Waals surface area contributed by atoms with E-state index in [1.165, 1.54) is 27.6 Å². The molecule has 1 N–H and O–H groups in total. The van der Waals surface area contributed by atoms with E-state index in [1.54, 1.807) is 0 Å². The van der Waals surface area contributed by atoms with Gasteiger partial charge in [0, 0.05) is 11.9 Å². The summed E-state index contributed by atoms with van der Waals surface area (Å²) in [7, 11) is 0. The van der Waals surface area contributed by atoms with Crippen molar-refractivity contribution in [2.45, 2.75) is 27.3 Å². The van der Waals surface area contributed by atoms with Crippen LogP contribution in [-0.2, 0) is 6.54 Å². The third-order valence-corrected chi connectivity index (χ3v) is 3.74. The first-order valence-corrected chi connectivity index (χ1v) is 7.29. The highest BCUT2D eigenvalue weighted by atomic mass is 15.0. The van der Waals surface area contributed by atoms with Crippen molar-refractivity contribution in [3.63, 3.8) is 0 Å². The van der Waals surface area contributed by atoms with Gasteiger partial charge < -0.3 is 5.32 Å². The molecule has 2 nitrogen and oxygen atoms in total. The largest absolute Gasteiger partial charge is 0.366 e. The summed E-state index contributed by atoms with van der Waals surface area (Å²) in [6.45, 7) is 7.12. The van der Waals surface area contributed by atoms with Gasteiger partial charge in [0.25, 0.3) is 0 Å². The minimum absolute atomic E-state index is 0.797. The molecule has 0 fully saturated rings. The van der Waals surface area contributed by atoms with E-state index >= 15 is 0 Å². The summed E-state index contributed by atoms with van der Waals surface area (Å²) in [5.74, 6) is 0.965. The van der Waals surface area contributed by atoms with Gasteiger partial charge in [-0.3, -0.25) is 0 Å². The Hall–Kier alpha value is -2.35. The van der Waals surface area contributed by atoms with Gasteiger partial charge in [0.05, 0.1) is 5.52 Å². The first-order chi connectivity index (χ1) is 10.1. The maximum absolute atomic E-state index is 4.74. The van der Waals surface area contributed by atoms with Crippen molar-refractivity contribution >= 4 is 16.7 Å². The summed E-state index contributed by atoms with van der Waals surface area (Å²) in [5, 5.41) is 4.65. The van der Waals surface area contributed by atoms with Crippen LogP contribution in [0.4, 0.5) is 5.82 Å². The molecule has 21 heavy (non-hydrogen) atoms. The third kappa shape index (κ3) is 3.05. The number of rotatable bonds is 3. The number of fused-ring (bicyclic) bond motifs is 1. The second kappa shape index (κ2) is 5.57. The highest BCUT2D eigenvalue weighted by molar-refractivity contribution is 5.82. The zero-order valence-electron chi connectivity index (χ0n) is 12.8. The smallest absolute Gasteiger partial charge is 0.129 e. The summed E-state index contributed by atoms with van der Waals surface area (Å²) in [5.41, 5.74) is 6.04. The zero-order chi connectivity index (χ0) is 14.8. The van der Waals surface area contributed by atoms with Crippen LogP contribution >= 0.6 is 0 Å². The predicted octanol–water partition coefficient (Wildman–Crippen LogP) is 4.77. The van der Waals surface area contributed by atoms with Crippen molar-refractivity contribution in [3.8, 4) is 0 Å². The Bertz CT molecular complexity index is 773. The molecule has 106 valence electrons. The average molecular weight is 276 g/mol. The van der Waals surface area contributed by atoms with E-state index in [0.29, 0.717) is 0 Å². The van der Waals surface area contributed by atoms with Gasteiger partial charge in [-0.15, -0.1) is 0 Å². The van der Waals surface area contributed by atoms with Crippen LogP contribution in [0.2, 0.25) is 0 Å². The Balaban J connectivity index is 1.85. The molecular formula is C19H20N2. The molecule has 0 aliphatic carbocycles. The summed E-state index contributed by atoms with van der Waals surface area (Å²) >= 11 is 0. The first kappa shape index (κ1) is 13.6. The molecule has 0 atom stereocenters. The molecule has 0 spiro atoms. The van der Waals surface area contributed by atoms with Crippen molar-refractivity contribution in [1.29, 1.82) is 0 Å². The topological polar surface area (TPSA) is 24.9 Å². The molecule has 0 aliphatic heterocycles. The number of nitrogens with zero attached hydrogens (tertiary/aromatic N) is 1. The number of pyridine rings is 1. The Morgan fingerprint density at radius 3 is 2.33 bits per heavy atom. The summed E-state index contributed by atoms with van der Waals surface area (Å²) in [4.78, 5) is 4.74. The SMILES string of the molecule is Cc1ccc(CNc2nc3ccc(C)cc3cc2C)cc1. The monoisotopic (exact) mass is 276 g/mol. The third-order valence-electron chi connectivity index (χ3n) is 3.74. The number of hydrogen-bond acceptors (Lipinski definition) is 2. The van der Waals surface area contributed by atoms with Crippen molar-refractivity contribution < 1.29 is 0 Å². The number of benzene rings is 2. The highest BCUT2D eigenvalue weighted by Crippen LogP contribution is 2.21. The van der Waals surface area contributed by atoms with Gasteiger partial charge in [0.15, 0.2) is 0 Å². The second-order valence-corrected chi connectivity index (χ2v) is 5.69. The van der Waals surface area contributed by atoms with Crippen LogP contribution in [0, 0.1) is 20.8 Å². The van der Waals surface area contributed by atoms with Crippen LogP contribution in [-0.4, -0.2) is 4.98 Å². The number of nitrogens with one attached hydrogen (secondary N) is 1. The Labute approximate surface area is 125 Å². The lowest BCUT2D eigenvalue weighted by molar-refractivity contribution is 1.11. The fourth-order valence-corrected chi connectivity index (χ4v) is 2.47. The van der Waals surface area contributed by atoms with Crippen LogP contribution in [0.5, 0.6) is 0 Å². The van der Waals surface area contributed by atoms with Crippen LogP contribution in [0.25, 0.3) is 10.9 Å². The lowest BCUT2D eigenvalue weighted by Gasteiger charge is -2.11. The maximum atomic E-state index is 4.74. The van der Waals surface area contributed by atoms with Gasteiger partial charge >= 0.3 is 0 Å². The molecule has 1 heterocycles. The molecule has 2 heteroatoms. The molecule has 0 amide bonds. The molecule has 0 radical (unpaired) electrons. The molecule has 0 aliphatic rings. The van der Waals surface area contributed by atoms with Crippen molar-refractivity contribution in [2.75, 3.05) is 5.32 Å². The lowest BCUT2D eigenvalue weighted by Crippen LogP contribution is -2.03. The van der Waals surface area contributed by atoms with Gasteiger partial charge in [-0.25, -0.2) is 4.98 Å². The first-order valence-electron chi connectivity index (χ1n) is 7.29. The number of aryl methyl sites for hydroxylation is 3. The molecular weight excluding hydrogens is 256 g/mol. The van der Waals surface area contributed by atoms with E-state index in [0.717, 1.165) is 17.9 Å². The Morgan fingerprint density at radius 1 is 0.857 bits per heavy atom. The normalized spacial score (nSPS) is 10.8. The molecule has 0 saturated carbocycles. The van der Waals surface area contributed by atoms with Crippen LogP contribution in [0.15, 0.2) is 48.5 Å². The summed E-state index contributed by atoms with van der Waals surface area (Å²) in [6.07, 6.45) is 0. The zero-order valence-corrected chi connectivity index (χ0v) is 12.8. The van der Waals surface area contributed by atoms with E-state index in [2.05, 4.69) is 74.6 Å². The van der Waals surface area contributed by atoms with Gasteiger partial charge in [-0.1, -0.05) is 41.5 Å². The van der Waals surface area contributed by atoms with Crippen LogP contribution in [0.3, 0.4) is 0 Å². The van der Waals surface area contributed by atoms with E-state index in [9.17, 15) is 0 Å². The summed E-state index contributed by atoms with van der Waals surface area (Å²) < 4.78 is 0. The maximum Gasteiger partial charge on any atom is 0.129 e. The van der Waals surface area contributed by atoms with Gasteiger partial charge in [-0.05, 0) is 50.1 Å². The molecule has 0 saturated heterocycles. The fourth-order valence-electron chi connectivity index (χ4n) is 2.47. The molecule has 1 aromatic heterocycles. The van der Waals surface area contributed by atoms with Crippen molar-refractivity contribution in [1.82, 2.24) is 4.98 Å². The predicted molar refractivity (Wildman–Crippen MR) is 89.7 cm³/mol.